The average molecular weight is 433 g/mol. The van der Waals surface area contributed by atoms with Crippen molar-refractivity contribution in [3.63, 3.8) is 0 Å². The fraction of sp³-hybridized carbons (Fsp3) is 0. The average Bonchev–Trinajstić information content (AvgIpc) is 2.75. The van der Waals surface area contributed by atoms with Gasteiger partial charge in [0.05, 0.1) is 0 Å². The van der Waals surface area contributed by atoms with Gasteiger partial charge in [-0.25, -0.2) is 0 Å². The van der Waals surface area contributed by atoms with E-state index in [2.05, 4.69) is 0 Å². The van der Waals surface area contributed by atoms with Gasteiger partial charge in [0, 0.05) is 22.7 Å². The Hall–Kier alpha value is -4.10. The third kappa shape index (κ3) is 7.68. The van der Waals surface area contributed by atoms with Gasteiger partial charge >= 0.3 is 11.6 Å². The molecule has 0 unspecified atom stereocenters. The van der Waals surface area contributed by atoms with Crippen LogP contribution in [0.25, 0.3) is 22.3 Å². The second-order valence-corrected chi connectivity index (χ2v) is 6.71. The van der Waals surface area contributed by atoms with Crippen LogP contribution in [0, 0.1) is 0 Å². The summed E-state index contributed by atoms with van der Waals surface area (Å²) in [6.45, 7) is 0. The molecule has 0 atom stereocenters. The van der Waals surface area contributed by atoms with E-state index in [0.717, 1.165) is 45.0 Å². The Morgan fingerprint density at radius 1 is 0.419 bits per heavy atom. The minimum Gasteiger partial charge on any atom is -0.399 e. The van der Waals surface area contributed by atoms with Gasteiger partial charge in [-0.2, -0.15) is 8.42 Å². The summed E-state index contributed by atoms with van der Waals surface area (Å²) in [5, 5.41) is 0. The zero-order chi connectivity index (χ0) is 22.6. The van der Waals surface area contributed by atoms with Crippen molar-refractivity contribution in [3.05, 3.63) is 97.1 Å². The number of nitrogen functional groups attached to an aromatic ring is 4. The SMILES string of the molecule is Nc1cccc(-c2cccc(N)c2)c1.Nc1cccc(-c2cccc(N)c2)c1.O=S=O. The molecule has 0 saturated carbocycles. The van der Waals surface area contributed by atoms with Crippen molar-refractivity contribution in [1.29, 1.82) is 0 Å². The molecule has 0 aliphatic carbocycles. The highest BCUT2D eigenvalue weighted by atomic mass is 32.1. The lowest BCUT2D eigenvalue weighted by Crippen LogP contribution is -1.87. The molecule has 8 N–H and O–H groups in total. The minimum atomic E-state index is -0.750. The van der Waals surface area contributed by atoms with Crippen LogP contribution in [0.2, 0.25) is 0 Å². The van der Waals surface area contributed by atoms with Crippen LogP contribution >= 0.6 is 0 Å². The summed E-state index contributed by atoms with van der Waals surface area (Å²) in [6, 6.07) is 31.1. The van der Waals surface area contributed by atoms with Gasteiger partial charge in [0.25, 0.3) is 0 Å². The van der Waals surface area contributed by atoms with E-state index in [1.165, 1.54) is 0 Å². The summed E-state index contributed by atoms with van der Waals surface area (Å²) in [7, 11) is 0. The third-order valence-corrected chi connectivity index (χ3v) is 4.21. The molecule has 0 spiro atoms. The molecular weight excluding hydrogens is 408 g/mol. The number of benzene rings is 4. The van der Waals surface area contributed by atoms with Gasteiger partial charge in [-0.3, -0.25) is 0 Å². The summed E-state index contributed by atoms with van der Waals surface area (Å²) >= 11 is -0.750. The summed E-state index contributed by atoms with van der Waals surface area (Å²) in [5.41, 5.74) is 30.3. The molecule has 0 aliphatic rings. The first-order chi connectivity index (χ1) is 14.9. The Kier molecular flexibility index (Phi) is 8.82. The molecule has 31 heavy (non-hydrogen) atoms. The van der Waals surface area contributed by atoms with Crippen LogP contribution in [-0.2, 0) is 11.6 Å². The predicted octanol–water partition coefficient (Wildman–Crippen LogP) is 4.37. The summed E-state index contributed by atoms with van der Waals surface area (Å²) in [4.78, 5) is 0. The van der Waals surface area contributed by atoms with Crippen LogP contribution in [0.4, 0.5) is 22.7 Å². The first kappa shape index (κ1) is 23.2. The predicted molar refractivity (Wildman–Crippen MR) is 130 cm³/mol. The van der Waals surface area contributed by atoms with Crippen LogP contribution in [0.15, 0.2) is 97.1 Å². The highest BCUT2D eigenvalue weighted by molar-refractivity contribution is 7.51. The normalized spacial score (nSPS) is 9.42. The lowest BCUT2D eigenvalue weighted by atomic mass is 10.0. The topological polar surface area (TPSA) is 138 Å². The zero-order valence-corrected chi connectivity index (χ0v) is 17.6. The van der Waals surface area contributed by atoms with Gasteiger partial charge in [-0.15, -0.1) is 0 Å². The van der Waals surface area contributed by atoms with Crippen molar-refractivity contribution in [2.45, 2.75) is 0 Å². The Morgan fingerprint density at radius 2 is 0.613 bits per heavy atom. The Morgan fingerprint density at radius 3 is 0.774 bits per heavy atom. The summed E-state index contributed by atoms with van der Waals surface area (Å²) in [6.07, 6.45) is 0. The molecular formula is C24H24N4O2S. The van der Waals surface area contributed by atoms with Crippen LogP contribution in [0.1, 0.15) is 0 Å². The van der Waals surface area contributed by atoms with Crippen molar-refractivity contribution in [2.75, 3.05) is 22.9 Å². The zero-order valence-electron chi connectivity index (χ0n) is 16.8. The number of nitrogens with two attached hydrogens (primary N) is 4. The highest BCUT2D eigenvalue weighted by Crippen LogP contribution is 2.23. The van der Waals surface area contributed by atoms with E-state index in [1.54, 1.807) is 0 Å². The van der Waals surface area contributed by atoms with Crippen LogP contribution < -0.4 is 22.9 Å². The van der Waals surface area contributed by atoms with E-state index in [1.807, 2.05) is 97.1 Å². The number of anilines is 4. The molecule has 0 bridgehead atoms. The monoisotopic (exact) mass is 432 g/mol. The fourth-order valence-corrected chi connectivity index (χ4v) is 2.87. The molecule has 7 heteroatoms. The molecule has 4 aromatic carbocycles. The number of hydrogen-bond acceptors (Lipinski definition) is 6. The molecule has 4 aromatic rings. The van der Waals surface area contributed by atoms with Crippen molar-refractivity contribution in [1.82, 2.24) is 0 Å². The maximum Gasteiger partial charge on any atom is 0.335 e. The van der Waals surface area contributed by atoms with E-state index < -0.39 is 11.6 Å². The van der Waals surface area contributed by atoms with Gasteiger partial charge in [-0.05, 0) is 70.8 Å². The van der Waals surface area contributed by atoms with Gasteiger partial charge < -0.3 is 22.9 Å². The molecule has 0 aromatic heterocycles. The molecule has 0 heterocycles. The van der Waals surface area contributed by atoms with Crippen LogP contribution in [-0.4, -0.2) is 8.42 Å². The van der Waals surface area contributed by atoms with Crippen molar-refractivity contribution >= 4 is 34.3 Å². The molecule has 158 valence electrons. The van der Waals surface area contributed by atoms with Gasteiger partial charge in [0.1, 0.15) is 0 Å². The quantitative estimate of drug-likeness (QED) is 0.347. The standard InChI is InChI=1S/2C12H12N2.O2S/c2*13-11-5-1-3-9(7-11)10-4-2-6-12(14)8-10;1-3-2/h2*1-8H,13-14H2;. The minimum absolute atomic E-state index is 0.750. The van der Waals surface area contributed by atoms with E-state index in [4.69, 9.17) is 31.4 Å². The van der Waals surface area contributed by atoms with Crippen molar-refractivity contribution in [2.24, 2.45) is 0 Å². The lowest BCUT2D eigenvalue weighted by molar-refractivity contribution is 0.630. The summed E-state index contributed by atoms with van der Waals surface area (Å²) in [5.74, 6) is 0. The van der Waals surface area contributed by atoms with Crippen LogP contribution in [0.5, 0.6) is 0 Å². The maximum absolute atomic E-state index is 8.29. The maximum atomic E-state index is 8.29. The largest absolute Gasteiger partial charge is 0.399 e. The van der Waals surface area contributed by atoms with Crippen molar-refractivity contribution < 1.29 is 8.42 Å². The van der Waals surface area contributed by atoms with E-state index in [-0.39, 0.29) is 0 Å². The van der Waals surface area contributed by atoms with Gasteiger partial charge in [0.15, 0.2) is 0 Å². The second kappa shape index (κ2) is 11.8. The van der Waals surface area contributed by atoms with Crippen molar-refractivity contribution in [3.8, 4) is 22.3 Å². The Balaban J connectivity index is 0.000000196. The highest BCUT2D eigenvalue weighted by Gasteiger charge is 1.98. The van der Waals surface area contributed by atoms with E-state index in [9.17, 15) is 0 Å². The fourth-order valence-electron chi connectivity index (χ4n) is 2.87. The summed E-state index contributed by atoms with van der Waals surface area (Å²) < 4.78 is 16.6. The first-order valence-corrected chi connectivity index (χ1v) is 9.94. The van der Waals surface area contributed by atoms with Gasteiger partial charge in [-0.1, -0.05) is 48.5 Å². The van der Waals surface area contributed by atoms with E-state index >= 15 is 0 Å². The Labute approximate surface area is 185 Å². The molecule has 0 saturated heterocycles. The molecule has 0 amide bonds. The molecule has 0 aliphatic heterocycles. The second-order valence-electron chi connectivity index (χ2n) is 6.57. The molecule has 0 fully saturated rings. The van der Waals surface area contributed by atoms with Crippen LogP contribution in [0.3, 0.4) is 0 Å². The molecule has 4 rings (SSSR count). The number of hydrogen-bond donors (Lipinski definition) is 4. The van der Waals surface area contributed by atoms with Gasteiger partial charge in [0.2, 0.25) is 0 Å². The third-order valence-electron chi connectivity index (χ3n) is 4.21. The Bertz CT molecular complexity index is 1000. The molecule has 0 radical (unpaired) electrons. The number of rotatable bonds is 2. The first-order valence-electron chi connectivity index (χ1n) is 9.27. The van der Waals surface area contributed by atoms with E-state index in [0.29, 0.717) is 0 Å². The smallest absolute Gasteiger partial charge is 0.335 e. The molecule has 6 nitrogen and oxygen atoms in total. The lowest BCUT2D eigenvalue weighted by Gasteiger charge is -2.03.